The quantitative estimate of drug-likeness (QED) is 0.856. The van der Waals surface area contributed by atoms with Gasteiger partial charge in [-0.3, -0.25) is 4.79 Å². The largest absolute Gasteiger partial charge is 0.356 e. The highest BCUT2D eigenvalue weighted by Gasteiger charge is 2.31. The number of piperidine rings is 2. The second kappa shape index (κ2) is 6.69. The lowest BCUT2D eigenvalue weighted by Crippen LogP contribution is -2.45. The first-order valence-corrected chi connectivity index (χ1v) is 9.57. The molecule has 3 heterocycles. The zero-order valence-corrected chi connectivity index (χ0v) is 14.7. The Balaban J connectivity index is 1.33. The zero-order chi connectivity index (χ0) is 16.5. The van der Waals surface area contributed by atoms with Crippen molar-refractivity contribution in [1.82, 2.24) is 14.9 Å². The van der Waals surface area contributed by atoms with Crippen LogP contribution in [-0.2, 0) is 4.79 Å². The van der Waals surface area contributed by atoms with Gasteiger partial charge in [0.2, 0.25) is 5.91 Å². The summed E-state index contributed by atoms with van der Waals surface area (Å²) in [5.74, 6) is 4.01. The number of likely N-dealkylation sites (tertiary alicyclic amines) is 1. The van der Waals surface area contributed by atoms with Crippen molar-refractivity contribution in [2.24, 2.45) is 11.8 Å². The Bertz CT molecular complexity index is 585. The molecule has 130 valence electrons. The molecule has 5 heteroatoms. The number of aromatic nitrogens is 2. The first-order valence-electron chi connectivity index (χ1n) is 9.57. The van der Waals surface area contributed by atoms with Gasteiger partial charge in [-0.2, -0.15) is 0 Å². The lowest BCUT2D eigenvalue weighted by atomic mass is 9.92. The van der Waals surface area contributed by atoms with E-state index in [0.29, 0.717) is 11.8 Å². The molecule has 0 atom stereocenters. The highest BCUT2D eigenvalue weighted by atomic mass is 16.2. The lowest BCUT2D eigenvalue weighted by Gasteiger charge is -2.37. The molecule has 0 bridgehead atoms. The topological polar surface area (TPSA) is 49.3 Å². The number of hydrogen-bond donors (Lipinski definition) is 0. The van der Waals surface area contributed by atoms with E-state index >= 15 is 0 Å². The Kier molecular flexibility index (Phi) is 4.42. The fourth-order valence-electron chi connectivity index (χ4n) is 3.92. The van der Waals surface area contributed by atoms with E-state index in [-0.39, 0.29) is 5.92 Å². The minimum atomic E-state index is 0.208. The van der Waals surface area contributed by atoms with Crippen molar-refractivity contribution < 1.29 is 4.79 Å². The highest BCUT2D eigenvalue weighted by molar-refractivity contribution is 5.79. The van der Waals surface area contributed by atoms with Crippen molar-refractivity contribution in [2.75, 3.05) is 31.1 Å². The summed E-state index contributed by atoms with van der Waals surface area (Å²) in [6.45, 7) is 6.06. The molecule has 0 unspecified atom stereocenters. The third-order valence-electron chi connectivity index (χ3n) is 5.87. The average molecular weight is 328 g/mol. The monoisotopic (exact) mass is 328 g/mol. The average Bonchev–Trinajstić information content (AvgIpc) is 3.47. The molecule has 3 fully saturated rings. The SMILES string of the molecule is CC1CCN(C(=O)C2CCN(c3ccnc(C4CC4)n3)CC2)CC1. The minimum Gasteiger partial charge on any atom is -0.356 e. The van der Waals surface area contributed by atoms with Crippen molar-refractivity contribution in [2.45, 2.75) is 51.4 Å². The summed E-state index contributed by atoms with van der Waals surface area (Å²) in [5.41, 5.74) is 0. The van der Waals surface area contributed by atoms with Crippen LogP contribution >= 0.6 is 0 Å². The Labute approximate surface area is 144 Å². The Morgan fingerprint density at radius 3 is 2.42 bits per heavy atom. The molecule has 24 heavy (non-hydrogen) atoms. The van der Waals surface area contributed by atoms with Gasteiger partial charge in [0.15, 0.2) is 0 Å². The molecule has 2 saturated heterocycles. The third-order valence-corrected chi connectivity index (χ3v) is 5.87. The number of nitrogens with zero attached hydrogens (tertiary/aromatic N) is 4. The van der Waals surface area contributed by atoms with Crippen LogP contribution in [0, 0.1) is 11.8 Å². The molecule has 0 aromatic carbocycles. The summed E-state index contributed by atoms with van der Waals surface area (Å²) in [6.07, 6.45) is 8.58. The van der Waals surface area contributed by atoms with Gasteiger partial charge in [0, 0.05) is 44.2 Å². The van der Waals surface area contributed by atoms with Crippen LogP contribution in [0.25, 0.3) is 0 Å². The molecular formula is C19H28N4O. The maximum Gasteiger partial charge on any atom is 0.225 e. The van der Waals surface area contributed by atoms with E-state index in [4.69, 9.17) is 4.98 Å². The van der Waals surface area contributed by atoms with Gasteiger partial charge in [0.1, 0.15) is 11.6 Å². The molecule has 2 aliphatic heterocycles. The van der Waals surface area contributed by atoms with Gasteiger partial charge in [-0.25, -0.2) is 9.97 Å². The van der Waals surface area contributed by atoms with Crippen LogP contribution in [0.3, 0.4) is 0 Å². The number of anilines is 1. The number of carbonyl (C=O) groups is 1. The number of amides is 1. The Hall–Kier alpha value is -1.65. The van der Waals surface area contributed by atoms with E-state index < -0.39 is 0 Å². The molecule has 1 saturated carbocycles. The molecule has 4 rings (SSSR count). The van der Waals surface area contributed by atoms with Crippen molar-refractivity contribution in [3.63, 3.8) is 0 Å². The molecule has 0 spiro atoms. The van der Waals surface area contributed by atoms with Gasteiger partial charge in [-0.15, -0.1) is 0 Å². The second-order valence-corrected chi connectivity index (χ2v) is 7.82. The standard InChI is InChI=1S/C19H28N4O/c1-14-5-10-23(11-6-14)19(24)16-7-12-22(13-8-16)17-4-9-20-18(21-17)15-2-3-15/h4,9,14-16H,2-3,5-8,10-13H2,1H3. The fraction of sp³-hybridized carbons (Fsp3) is 0.737. The third kappa shape index (κ3) is 3.40. The molecule has 0 radical (unpaired) electrons. The van der Waals surface area contributed by atoms with Gasteiger partial charge in [0.05, 0.1) is 0 Å². The van der Waals surface area contributed by atoms with Crippen LogP contribution in [0.1, 0.15) is 57.2 Å². The Morgan fingerprint density at radius 1 is 1.04 bits per heavy atom. The zero-order valence-electron chi connectivity index (χ0n) is 14.7. The fourth-order valence-corrected chi connectivity index (χ4v) is 3.92. The summed E-state index contributed by atoms with van der Waals surface area (Å²) in [5, 5.41) is 0. The summed E-state index contributed by atoms with van der Waals surface area (Å²) in [7, 11) is 0. The maximum atomic E-state index is 12.7. The maximum absolute atomic E-state index is 12.7. The predicted molar refractivity (Wildman–Crippen MR) is 93.9 cm³/mol. The Morgan fingerprint density at radius 2 is 1.75 bits per heavy atom. The first-order chi connectivity index (χ1) is 11.7. The second-order valence-electron chi connectivity index (χ2n) is 7.82. The summed E-state index contributed by atoms with van der Waals surface area (Å²) < 4.78 is 0. The van der Waals surface area contributed by atoms with E-state index in [9.17, 15) is 4.79 Å². The van der Waals surface area contributed by atoms with E-state index in [1.807, 2.05) is 12.3 Å². The van der Waals surface area contributed by atoms with Crippen LogP contribution in [0.4, 0.5) is 5.82 Å². The minimum absolute atomic E-state index is 0.208. The van der Waals surface area contributed by atoms with Crippen LogP contribution < -0.4 is 4.90 Å². The van der Waals surface area contributed by atoms with Gasteiger partial charge < -0.3 is 9.80 Å². The molecular weight excluding hydrogens is 300 g/mol. The molecule has 1 aliphatic carbocycles. The van der Waals surface area contributed by atoms with Crippen LogP contribution in [0.5, 0.6) is 0 Å². The normalized spacial score (nSPS) is 23.5. The number of rotatable bonds is 3. The molecule has 3 aliphatic rings. The van der Waals surface area contributed by atoms with Gasteiger partial charge in [0.25, 0.3) is 0 Å². The predicted octanol–water partition coefficient (Wildman–Crippen LogP) is 2.83. The summed E-state index contributed by atoms with van der Waals surface area (Å²) in [4.78, 5) is 26.3. The van der Waals surface area contributed by atoms with Gasteiger partial charge in [-0.1, -0.05) is 6.92 Å². The van der Waals surface area contributed by atoms with Gasteiger partial charge >= 0.3 is 0 Å². The molecule has 5 nitrogen and oxygen atoms in total. The van der Waals surface area contributed by atoms with E-state index in [1.165, 1.54) is 12.8 Å². The van der Waals surface area contributed by atoms with Crippen LogP contribution in [-0.4, -0.2) is 47.0 Å². The first kappa shape index (κ1) is 15.9. The van der Waals surface area contributed by atoms with E-state index in [0.717, 1.165) is 69.4 Å². The van der Waals surface area contributed by atoms with Crippen molar-refractivity contribution in [3.8, 4) is 0 Å². The molecule has 1 aromatic heterocycles. The van der Waals surface area contributed by atoms with Crippen molar-refractivity contribution in [1.29, 1.82) is 0 Å². The molecule has 1 amide bonds. The van der Waals surface area contributed by atoms with E-state index in [1.54, 1.807) is 0 Å². The number of hydrogen-bond acceptors (Lipinski definition) is 4. The molecule has 0 N–H and O–H groups in total. The van der Waals surface area contributed by atoms with E-state index in [2.05, 4.69) is 21.7 Å². The highest BCUT2D eigenvalue weighted by Crippen LogP contribution is 2.38. The van der Waals surface area contributed by atoms with Crippen LogP contribution in [0.15, 0.2) is 12.3 Å². The van der Waals surface area contributed by atoms with Crippen molar-refractivity contribution in [3.05, 3.63) is 18.1 Å². The lowest BCUT2D eigenvalue weighted by molar-refractivity contribution is -0.137. The van der Waals surface area contributed by atoms with Crippen LogP contribution in [0.2, 0.25) is 0 Å². The van der Waals surface area contributed by atoms with Crippen molar-refractivity contribution >= 4 is 11.7 Å². The summed E-state index contributed by atoms with van der Waals surface area (Å²) in [6, 6.07) is 2.01. The molecule has 1 aromatic rings. The smallest absolute Gasteiger partial charge is 0.225 e. The summed E-state index contributed by atoms with van der Waals surface area (Å²) >= 11 is 0. The number of carbonyl (C=O) groups excluding carboxylic acids is 1. The van der Waals surface area contributed by atoms with Gasteiger partial charge in [-0.05, 0) is 50.5 Å².